The minimum Gasteiger partial charge on any atom is -0.242 e. The van der Waals surface area contributed by atoms with Crippen LogP contribution in [0.3, 0.4) is 0 Å². The van der Waals surface area contributed by atoms with Crippen LogP contribution in [0.2, 0.25) is 0 Å². The van der Waals surface area contributed by atoms with Gasteiger partial charge in [-0.2, -0.15) is 0 Å². The van der Waals surface area contributed by atoms with Crippen LogP contribution >= 0.6 is 0 Å². The molecule has 0 fully saturated rings. The summed E-state index contributed by atoms with van der Waals surface area (Å²) in [4.78, 5) is 0. The van der Waals surface area contributed by atoms with Gasteiger partial charge >= 0.3 is 0 Å². The molecule has 0 atom stereocenters. The van der Waals surface area contributed by atoms with Crippen LogP contribution in [-0.2, 0) is 0 Å². The van der Waals surface area contributed by atoms with E-state index in [-0.39, 0.29) is 45.5 Å². The van der Waals surface area contributed by atoms with Crippen molar-refractivity contribution in [1.82, 2.24) is 0 Å². The van der Waals surface area contributed by atoms with Gasteiger partial charge in [0.1, 0.15) is 0 Å². The van der Waals surface area contributed by atoms with E-state index in [1.807, 2.05) is 0 Å². The Kier molecular flexibility index (Phi) is 20.2. The van der Waals surface area contributed by atoms with Gasteiger partial charge in [0, 0.05) is 45.5 Å². The smallest absolute Gasteiger partial charge is 0.0831 e. The zero-order chi connectivity index (χ0) is 2.71. The van der Waals surface area contributed by atoms with Crippen LogP contribution in [0.5, 0.6) is 0 Å². The first-order chi connectivity index (χ1) is 1.41. The van der Waals surface area contributed by atoms with Gasteiger partial charge < -0.3 is 0 Å². The van der Waals surface area contributed by atoms with Gasteiger partial charge in [0.2, 0.25) is 0 Å². The molecule has 18 valence electrons. The minimum absolute atomic E-state index is 0. The summed E-state index contributed by atoms with van der Waals surface area (Å²) in [6.45, 7) is 0. The zero-order valence-corrected chi connectivity index (χ0v) is 5.68. The first-order valence-corrected chi connectivity index (χ1v) is 0.500. The van der Waals surface area contributed by atoms with Gasteiger partial charge in [-0.05, 0) is 0 Å². The first kappa shape index (κ1) is 8.85. The Labute approximate surface area is 61.5 Å². The molecule has 0 saturated heterocycles. The Morgan fingerprint density at radius 1 is 1.25 bits per heavy atom. The van der Waals surface area contributed by atoms with Gasteiger partial charge in [0.25, 0.3) is 0 Å². The minimum atomic E-state index is 0. The molecule has 0 spiro atoms. The molecule has 0 amide bonds. The van der Waals surface area contributed by atoms with E-state index in [9.17, 15) is 0 Å². The molecule has 0 aromatic heterocycles. The number of hydrogen-bond acceptors (Lipinski definition) is 2. The van der Waals surface area contributed by atoms with Crippen LogP contribution in [0.1, 0.15) is 0 Å². The van der Waals surface area contributed by atoms with Crippen molar-refractivity contribution in [1.29, 1.82) is 10.8 Å². The molecule has 3 heteroatoms. The zero-order valence-electron chi connectivity index (χ0n) is 2.21. The van der Waals surface area contributed by atoms with Crippen molar-refractivity contribution < 1.29 is 0 Å². The summed E-state index contributed by atoms with van der Waals surface area (Å²) < 4.78 is 0. The van der Waals surface area contributed by atoms with E-state index < -0.39 is 0 Å². The second-order valence-electron chi connectivity index (χ2n) is 0.125. The summed E-state index contributed by atoms with van der Waals surface area (Å²) in [6, 6.07) is 1.25. The predicted octanol–water partition coefficient (Wildman–Crippen LogP) is -0.0630. The van der Waals surface area contributed by atoms with E-state index in [2.05, 4.69) is 0 Å². The third-order valence-corrected chi connectivity index (χ3v) is 0. The van der Waals surface area contributed by atoms with E-state index in [1.165, 1.54) is 6.01 Å². The first-order valence-electron chi connectivity index (χ1n) is 0.500. The fourth-order valence-corrected chi connectivity index (χ4v) is 0. The molecule has 0 rings (SSSR count). The topological polar surface area (TPSA) is 47.7 Å². The van der Waals surface area contributed by atoms with Crippen LogP contribution < -0.4 is 0 Å². The van der Waals surface area contributed by atoms with Gasteiger partial charge in [-0.25, -0.2) is 10.8 Å². The standard InChI is InChI=1S/CH2N2.Sr/c2-1-3;/h2-3H;. The van der Waals surface area contributed by atoms with Crippen molar-refractivity contribution in [2.24, 2.45) is 0 Å². The van der Waals surface area contributed by atoms with Crippen molar-refractivity contribution in [3.05, 3.63) is 0 Å². The van der Waals surface area contributed by atoms with Gasteiger partial charge in [0.15, 0.2) is 0 Å². The molecule has 0 heterocycles. The molecule has 0 aliphatic heterocycles. The molecule has 0 unspecified atom stereocenters. The van der Waals surface area contributed by atoms with E-state index in [0.29, 0.717) is 0 Å². The molecule has 2 N–H and O–H groups in total. The fourth-order valence-electron chi connectivity index (χ4n) is 0. The predicted molar refractivity (Wildman–Crippen MR) is 16.2 cm³/mol. The van der Waals surface area contributed by atoms with E-state index in [0.717, 1.165) is 0 Å². The van der Waals surface area contributed by atoms with E-state index in [4.69, 9.17) is 10.8 Å². The van der Waals surface area contributed by atoms with Crippen LogP contribution in [-0.4, -0.2) is 51.5 Å². The van der Waals surface area contributed by atoms with Gasteiger partial charge in [-0.3, -0.25) is 0 Å². The SMILES string of the molecule is N=C=N.[Sr]. The quantitative estimate of drug-likeness (QED) is 0.340. The van der Waals surface area contributed by atoms with Gasteiger partial charge in [-0.1, -0.05) is 0 Å². The molecular formula is CH2N2Sr. The summed E-state index contributed by atoms with van der Waals surface area (Å²) in [5, 5.41) is 11.2. The summed E-state index contributed by atoms with van der Waals surface area (Å²) in [7, 11) is 0. The molecule has 4 heavy (non-hydrogen) atoms. The van der Waals surface area contributed by atoms with Gasteiger partial charge in [-0.15, -0.1) is 0 Å². The Balaban J connectivity index is 0. The normalized spacial score (nSPS) is 2.00. The number of rotatable bonds is 0. The average Bonchev–Trinajstić information content (AvgIpc) is 0.918. The molecular weight excluding hydrogens is 128 g/mol. The summed E-state index contributed by atoms with van der Waals surface area (Å²) in [5.74, 6) is 0. The van der Waals surface area contributed by atoms with Crippen molar-refractivity contribution in [2.75, 3.05) is 0 Å². The Morgan fingerprint density at radius 3 is 1.25 bits per heavy atom. The Morgan fingerprint density at radius 2 is 1.25 bits per heavy atom. The van der Waals surface area contributed by atoms with Crippen LogP contribution in [0.4, 0.5) is 0 Å². The van der Waals surface area contributed by atoms with Crippen LogP contribution in [0.25, 0.3) is 0 Å². The monoisotopic (exact) mass is 130 g/mol. The molecule has 0 aliphatic rings. The van der Waals surface area contributed by atoms with E-state index >= 15 is 0 Å². The Bertz CT molecular complexity index is 27.0. The molecule has 0 aromatic rings. The molecule has 0 aliphatic carbocycles. The summed E-state index contributed by atoms with van der Waals surface area (Å²) >= 11 is 0. The molecule has 0 bridgehead atoms. The fraction of sp³-hybridized carbons (Fsp3) is 0. The third-order valence-electron chi connectivity index (χ3n) is 0. The number of nitrogens with one attached hydrogen (secondary N) is 2. The van der Waals surface area contributed by atoms with Gasteiger partial charge in [0.05, 0.1) is 6.01 Å². The van der Waals surface area contributed by atoms with Crippen LogP contribution in [0.15, 0.2) is 0 Å². The maximum absolute atomic E-state index is 5.62. The summed E-state index contributed by atoms with van der Waals surface area (Å²) in [6.07, 6.45) is 0. The van der Waals surface area contributed by atoms with Crippen molar-refractivity contribution in [3.8, 4) is 0 Å². The maximum atomic E-state index is 5.62. The second-order valence-corrected chi connectivity index (χ2v) is 0.125. The van der Waals surface area contributed by atoms with Crippen molar-refractivity contribution >= 4 is 51.5 Å². The second kappa shape index (κ2) is 9.13. The molecule has 2 radical (unpaired) electrons. The third kappa shape index (κ3) is 13.4. The van der Waals surface area contributed by atoms with Crippen molar-refractivity contribution in [3.63, 3.8) is 0 Å². The maximum Gasteiger partial charge on any atom is 0.0831 e. The van der Waals surface area contributed by atoms with Crippen molar-refractivity contribution in [2.45, 2.75) is 0 Å². The average molecular weight is 130 g/mol. The molecule has 0 aromatic carbocycles. The van der Waals surface area contributed by atoms with Crippen LogP contribution in [0, 0.1) is 10.8 Å². The largest absolute Gasteiger partial charge is 0.242 e. The Hall–Kier alpha value is 0.861. The molecule has 0 saturated carbocycles. The molecule has 2 nitrogen and oxygen atoms in total. The number of hydrogen-bond donors (Lipinski definition) is 2. The summed E-state index contributed by atoms with van der Waals surface area (Å²) in [5.41, 5.74) is 0. The van der Waals surface area contributed by atoms with E-state index in [1.54, 1.807) is 0 Å².